The molecule has 0 aliphatic carbocycles. The van der Waals surface area contributed by atoms with E-state index in [0.29, 0.717) is 23.6 Å². The molecule has 0 radical (unpaired) electrons. The molecule has 0 saturated carbocycles. The molecule has 0 saturated heterocycles. The number of aromatic nitrogens is 2. The lowest BCUT2D eigenvalue weighted by molar-refractivity contribution is 0.102. The lowest BCUT2D eigenvalue weighted by Gasteiger charge is -2.08. The average Bonchev–Trinajstić information content (AvgIpc) is 2.92. The van der Waals surface area contributed by atoms with E-state index in [-0.39, 0.29) is 5.91 Å². The Morgan fingerprint density at radius 3 is 2.87 bits per heavy atom. The van der Waals surface area contributed by atoms with E-state index < -0.39 is 0 Å². The van der Waals surface area contributed by atoms with Crippen molar-refractivity contribution in [1.29, 1.82) is 0 Å². The fraction of sp³-hybridized carbons (Fsp3) is 0.222. The van der Waals surface area contributed by atoms with Crippen LogP contribution in [0.15, 0.2) is 42.6 Å². The highest BCUT2D eigenvalue weighted by atomic mass is 16.5. The second-order valence-electron chi connectivity index (χ2n) is 5.38. The second kappa shape index (κ2) is 6.12. The number of hydrogen-bond donors (Lipinski definition) is 1. The van der Waals surface area contributed by atoms with Crippen LogP contribution in [0.5, 0.6) is 5.75 Å². The summed E-state index contributed by atoms with van der Waals surface area (Å²) < 4.78 is 7.04. The first-order chi connectivity index (χ1) is 11.1. The number of amides is 1. The molecule has 0 atom stereocenters. The van der Waals surface area contributed by atoms with Crippen molar-refractivity contribution in [3.8, 4) is 5.75 Å². The fourth-order valence-corrected chi connectivity index (χ4v) is 2.58. The van der Waals surface area contributed by atoms with E-state index in [1.807, 2.05) is 54.8 Å². The van der Waals surface area contributed by atoms with E-state index in [0.717, 1.165) is 16.9 Å². The molecule has 0 bridgehead atoms. The minimum Gasteiger partial charge on any atom is -0.497 e. The van der Waals surface area contributed by atoms with Crippen LogP contribution in [-0.2, 0) is 6.42 Å². The molecule has 118 valence electrons. The maximum atomic E-state index is 12.8. The lowest BCUT2D eigenvalue weighted by Crippen LogP contribution is -2.16. The molecule has 1 amide bonds. The van der Waals surface area contributed by atoms with Crippen LogP contribution in [0, 0.1) is 6.92 Å². The molecule has 0 spiro atoms. The van der Waals surface area contributed by atoms with Crippen LogP contribution in [0.2, 0.25) is 0 Å². The van der Waals surface area contributed by atoms with Crippen LogP contribution in [-0.4, -0.2) is 22.4 Å². The van der Waals surface area contributed by atoms with E-state index in [4.69, 9.17) is 4.74 Å². The molecule has 23 heavy (non-hydrogen) atoms. The van der Waals surface area contributed by atoms with Gasteiger partial charge in [-0.05, 0) is 37.1 Å². The number of nitrogens with zero attached hydrogens (tertiary/aromatic N) is 2. The first-order valence-corrected chi connectivity index (χ1v) is 7.55. The number of aryl methyl sites for hydroxylation is 2. The van der Waals surface area contributed by atoms with Crippen LogP contribution in [0.1, 0.15) is 28.7 Å². The topological polar surface area (TPSA) is 55.6 Å². The zero-order valence-corrected chi connectivity index (χ0v) is 13.5. The first-order valence-electron chi connectivity index (χ1n) is 7.55. The van der Waals surface area contributed by atoms with Crippen LogP contribution < -0.4 is 10.1 Å². The quantitative estimate of drug-likeness (QED) is 0.803. The summed E-state index contributed by atoms with van der Waals surface area (Å²) in [5.41, 5.74) is 3.92. The van der Waals surface area contributed by atoms with Crippen molar-refractivity contribution in [2.45, 2.75) is 20.3 Å². The number of benzene rings is 1. The van der Waals surface area contributed by atoms with Gasteiger partial charge >= 0.3 is 0 Å². The van der Waals surface area contributed by atoms with Crippen molar-refractivity contribution in [1.82, 2.24) is 9.38 Å². The SMILES string of the molecule is CCc1nc2ccc(C)cn2c1C(=O)Nc1cccc(OC)c1. The Hall–Kier alpha value is -2.82. The number of pyridine rings is 1. The average molecular weight is 309 g/mol. The predicted molar refractivity (Wildman–Crippen MR) is 90.3 cm³/mol. The Morgan fingerprint density at radius 2 is 2.13 bits per heavy atom. The molecule has 0 fully saturated rings. The van der Waals surface area contributed by atoms with E-state index in [2.05, 4.69) is 10.3 Å². The predicted octanol–water partition coefficient (Wildman–Crippen LogP) is 3.47. The van der Waals surface area contributed by atoms with E-state index in [1.54, 1.807) is 13.2 Å². The normalized spacial score (nSPS) is 10.7. The first kappa shape index (κ1) is 15.1. The van der Waals surface area contributed by atoms with Gasteiger partial charge in [0, 0.05) is 18.0 Å². The maximum absolute atomic E-state index is 12.8. The Balaban J connectivity index is 2.01. The molecule has 2 aromatic heterocycles. The minimum atomic E-state index is -0.173. The number of nitrogens with one attached hydrogen (secondary N) is 1. The van der Waals surface area contributed by atoms with Crippen molar-refractivity contribution in [2.75, 3.05) is 12.4 Å². The zero-order chi connectivity index (χ0) is 16.4. The molecule has 0 aliphatic rings. The van der Waals surface area contributed by atoms with Crippen molar-refractivity contribution in [2.24, 2.45) is 0 Å². The van der Waals surface area contributed by atoms with Crippen LogP contribution in [0.4, 0.5) is 5.69 Å². The summed E-state index contributed by atoms with van der Waals surface area (Å²) in [5.74, 6) is 0.528. The standard InChI is InChI=1S/C18H19N3O2/c1-4-15-17(21-11-12(2)8-9-16(21)20-15)18(22)19-13-6-5-7-14(10-13)23-3/h5-11H,4H2,1-3H3,(H,19,22). The van der Waals surface area contributed by atoms with Gasteiger partial charge in [0.1, 0.15) is 17.1 Å². The molecule has 5 nitrogen and oxygen atoms in total. The molecule has 2 heterocycles. The summed E-state index contributed by atoms with van der Waals surface area (Å²) in [6.45, 7) is 3.99. The Morgan fingerprint density at radius 1 is 1.30 bits per heavy atom. The van der Waals surface area contributed by atoms with Crippen LogP contribution >= 0.6 is 0 Å². The Bertz CT molecular complexity index is 868. The van der Waals surface area contributed by atoms with Gasteiger partial charge in [0.25, 0.3) is 5.91 Å². The van der Waals surface area contributed by atoms with Gasteiger partial charge in [0.05, 0.1) is 12.8 Å². The highest BCUT2D eigenvalue weighted by molar-refractivity contribution is 6.04. The molecule has 0 unspecified atom stereocenters. The number of anilines is 1. The van der Waals surface area contributed by atoms with Gasteiger partial charge < -0.3 is 10.1 Å². The number of carbonyl (C=O) groups is 1. The highest BCUT2D eigenvalue weighted by Crippen LogP contribution is 2.20. The van der Waals surface area contributed by atoms with Crippen LogP contribution in [0.25, 0.3) is 5.65 Å². The third kappa shape index (κ3) is 2.90. The largest absolute Gasteiger partial charge is 0.497 e. The number of methoxy groups -OCH3 is 1. The van der Waals surface area contributed by atoms with E-state index >= 15 is 0 Å². The summed E-state index contributed by atoms with van der Waals surface area (Å²) in [7, 11) is 1.60. The summed E-state index contributed by atoms with van der Waals surface area (Å²) in [6.07, 6.45) is 2.63. The van der Waals surface area contributed by atoms with Crippen molar-refractivity contribution >= 4 is 17.2 Å². The smallest absolute Gasteiger partial charge is 0.274 e. The molecule has 3 rings (SSSR count). The van der Waals surface area contributed by atoms with E-state index in [9.17, 15) is 4.79 Å². The summed E-state index contributed by atoms with van der Waals surface area (Å²) in [5, 5.41) is 2.93. The molecule has 0 aliphatic heterocycles. The zero-order valence-electron chi connectivity index (χ0n) is 13.5. The molecular weight excluding hydrogens is 290 g/mol. The molecule has 3 aromatic rings. The van der Waals surface area contributed by atoms with Gasteiger partial charge in [0.15, 0.2) is 0 Å². The van der Waals surface area contributed by atoms with Crippen molar-refractivity contribution in [3.63, 3.8) is 0 Å². The molecule has 1 aromatic carbocycles. The Kier molecular flexibility index (Phi) is 4.02. The second-order valence-corrected chi connectivity index (χ2v) is 5.38. The maximum Gasteiger partial charge on any atom is 0.274 e. The van der Waals surface area contributed by atoms with E-state index in [1.165, 1.54) is 0 Å². The number of rotatable bonds is 4. The van der Waals surface area contributed by atoms with Gasteiger partial charge in [-0.3, -0.25) is 9.20 Å². The van der Waals surface area contributed by atoms with Gasteiger partial charge in [-0.2, -0.15) is 0 Å². The summed E-state index contributed by atoms with van der Waals surface area (Å²) >= 11 is 0. The van der Waals surface area contributed by atoms with Gasteiger partial charge in [0.2, 0.25) is 0 Å². The molecular formula is C18H19N3O2. The third-order valence-corrected chi connectivity index (χ3v) is 3.72. The summed E-state index contributed by atoms with van der Waals surface area (Å²) in [4.78, 5) is 17.3. The number of ether oxygens (including phenoxy) is 1. The lowest BCUT2D eigenvalue weighted by atomic mass is 10.2. The van der Waals surface area contributed by atoms with Gasteiger partial charge in [-0.1, -0.05) is 19.1 Å². The fourth-order valence-electron chi connectivity index (χ4n) is 2.58. The van der Waals surface area contributed by atoms with Gasteiger partial charge in [-0.25, -0.2) is 4.98 Å². The number of fused-ring (bicyclic) bond motifs is 1. The number of hydrogen-bond acceptors (Lipinski definition) is 3. The highest BCUT2D eigenvalue weighted by Gasteiger charge is 2.18. The monoisotopic (exact) mass is 309 g/mol. The van der Waals surface area contributed by atoms with Crippen LogP contribution in [0.3, 0.4) is 0 Å². The molecule has 5 heteroatoms. The third-order valence-electron chi connectivity index (χ3n) is 3.72. The molecule has 1 N–H and O–H groups in total. The minimum absolute atomic E-state index is 0.173. The van der Waals surface area contributed by atoms with Gasteiger partial charge in [-0.15, -0.1) is 0 Å². The Labute approximate surface area is 134 Å². The number of imidazole rings is 1. The number of carbonyl (C=O) groups excluding carboxylic acids is 1. The summed E-state index contributed by atoms with van der Waals surface area (Å²) in [6, 6.07) is 11.2. The van der Waals surface area contributed by atoms with Crippen molar-refractivity contribution < 1.29 is 9.53 Å². The van der Waals surface area contributed by atoms with Crippen molar-refractivity contribution in [3.05, 3.63) is 59.5 Å².